The lowest BCUT2D eigenvalue weighted by molar-refractivity contribution is 1.15. The molecular weight excluding hydrogens is 767 g/mol. The largest absolute Gasteiger partial charge is 0.309 e. The minimum Gasteiger partial charge on any atom is -0.309 e. The summed E-state index contributed by atoms with van der Waals surface area (Å²) in [6.45, 7) is 0. The van der Waals surface area contributed by atoms with Crippen molar-refractivity contribution in [3.05, 3.63) is 224 Å². The van der Waals surface area contributed by atoms with Gasteiger partial charge < -0.3 is 13.7 Å². The van der Waals surface area contributed by atoms with Gasteiger partial charge in [-0.05, 0) is 83.9 Å². The number of benzene rings is 9. The lowest BCUT2D eigenvalue weighted by atomic mass is 9.96. The second-order valence-electron chi connectivity index (χ2n) is 16.2. The summed E-state index contributed by atoms with van der Waals surface area (Å²) in [4.78, 5) is 10.8. The zero-order valence-corrected chi connectivity index (χ0v) is 34.1. The van der Waals surface area contributed by atoms with Gasteiger partial charge in [0, 0.05) is 55.1 Å². The monoisotopic (exact) mass is 803 g/mol. The lowest BCUT2D eigenvalue weighted by Crippen LogP contribution is -2.00. The molecule has 5 nitrogen and oxygen atoms in total. The Hall–Kier alpha value is -8.54. The van der Waals surface area contributed by atoms with E-state index in [1.807, 2.05) is 6.07 Å². The maximum atomic E-state index is 5.46. The first kappa shape index (κ1) is 35.2. The van der Waals surface area contributed by atoms with Crippen molar-refractivity contribution >= 4 is 65.5 Å². The van der Waals surface area contributed by atoms with Gasteiger partial charge in [0.2, 0.25) is 0 Å². The van der Waals surface area contributed by atoms with Gasteiger partial charge in [0.05, 0.1) is 38.8 Å². The first-order valence-electron chi connectivity index (χ1n) is 21.4. The molecule has 0 aliphatic carbocycles. The smallest absolute Gasteiger partial charge is 0.160 e. The van der Waals surface area contributed by atoms with Gasteiger partial charge in [0.1, 0.15) is 5.52 Å². The highest BCUT2D eigenvalue weighted by Crippen LogP contribution is 2.43. The number of fused-ring (bicyclic) bond motifs is 9. The molecule has 0 atom stereocenters. The van der Waals surface area contributed by atoms with Crippen LogP contribution in [-0.4, -0.2) is 23.7 Å². The predicted octanol–water partition coefficient (Wildman–Crippen LogP) is 14.8. The molecule has 0 spiro atoms. The van der Waals surface area contributed by atoms with Crippen LogP contribution in [0.3, 0.4) is 0 Å². The average Bonchev–Trinajstić information content (AvgIpc) is 4.00. The maximum absolute atomic E-state index is 5.46. The molecular formula is C58H37N5. The van der Waals surface area contributed by atoms with E-state index in [0.717, 1.165) is 78.0 Å². The third-order valence-corrected chi connectivity index (χ3v) is 12.6. The highest BCUT2D eigenvalue weighted by Gasteiger charge is 2.23. The fourth-order valence-corrected chi connectivity index (χ4v) is 9.93. The number of hydrogen-bond acceptors (Lipinski definition) is 2. The summed E-state index contributed by atoms with van der Waals surface area (Å²) in [7, 11) is 0. The van der Waals surface area contributed by atoms with Crippen LogP contribution in [0.1, 0.15) is 0 Å². The molecule has 13 aromatic rings. The van der Waals surface area contributed by atoms with Gasteiger partial charge in [-0.25, -0.2) is 9.97 Å². The first-order valence-corrected chi connectivity index (χ1v) is 21.4. The summed E-state index contributed by atoms with van der Waals surface area (Å²) in [5, 5.41) is 5.98. The van der Waals surface area contributed by atoms with Crippen LogP contribution in [0.4, 0.5) is 0 Å². The van der Waals surface area contributed by atoms with Crippen molar-refractivity contribution in [1.82, 2.24) is 23.7 Å². The molecule has 63 heavy (non-hydrogen) atoms. The van der Waals surface area contributed by atoms with Gasteiger partial charge in [0.15, 0.2) is 5.82 Å². The van der Waals surface area contributed by atoms with E-state index in [1.54, 1.807) is 0 Å². The van der Waals surface area contributed by atoms with Gasteiger partial charge >= 0.3 is 0 Å². The Labute approximate surface area is 363 Å². The van der Waals surface area contributed by atoms with Crippen molar-refractivity contribution in [1.29, 1.82) is 0 Å². The van der Waals surface area contributed by atoms with Gasteiger partial charge in [-0.3, -0.25) is 0 Å². The maximum Gasteiger partial charge on any atom is 0.160 e. The topological polar surface area (TPSA) is 40.6 Å². The van der Waals surface area contributed by atoms with Crippen LogP contribution < -0.4 is 0 Å². The van der Waals surface area contributed by atoms with E-state index in [2.05, 4.69) is 232 Å². The molecule has 0 amide bonds. The standard InChI is InChI=1S/C58H37N5/c1-4-18-38(19-5-1)58-59-55(57-56(60-58)47-28-12-15-32-51(47)63(57)42-24-8-3-9-25-42)40-21-16-20-39(36-40)44-29-17-33-53-54(44)48-37-43(34-35-52(48)61(53)41-22-6-2-7-23-41)62-49-30-13-10-26-45(49)46-27-11-14-31-50(46)62/h1-37H. The fraction of sp³-hybridized carbons (Fsp3) is 0. The normalized spacial score (nSPS) is 11.8. The minimum absolute atomic E-state index is 0.699. The first-order chi connectivity index (χ1) is 31.3. The Morgan fingerprint density at radius 2 is 0.810 bits per heavy atom. The van der Waals surface area contributed by atoms with Crippen molar-refractivity contribution in [2.24, 2.45) is 0 Å². The number of hydrogen-bond donors (Lipinski definition) is 0. The molecule has 294 valence electrons. The molecule has 0 saturated heterocycles. The Bertz CT molecular complexity index is 3840. The van der Waals surface area contributed by atoms with Crippen LogP contribution >= 0.6 is 0 Å². The zero-order chi connectivity index (χ0) is 41.4. The van der Waals surface area contributed by atoms with Gasteiger partial charge in [-0.2, -0.15) is 0 Å². The SMILES string of the molecule is c1ccc(-c2nc(-c3cccc(-c4cccc5c4c4cc(-n6c7ccccc7c7ccccc76)ccc4n5-c4ccccc4)c3)c3c(n2)c2ccccc2n3-c2ccccc2)cc1. The van der Waals surface area contributed by atoms with E-state index in [4.69, 9.17) is 9.97 Å². The lowest BCUT2D eigenvalue weighted by Gasteiger charge is -2.13. The third kappa shape index (κ3) is 5.43. The summed E-state index contributed by atoms with van der Waals surface area (Å²) in [6, 6.07) is 80.2. The molecule has 0 bridgehead atoms. The number of para-hydroxylation sites is 5. The molecule has 0 aliphatic heterocycles. The number of aromatic nitrogens is 5. The minimum atomic E-state index is 0.699. The quantitative estimate of drug-likeness (QED) is 0.168. The average molecular weight is 804 g/mol. The van der Waals surface area contributed by atoms with E-state index in [1.165, 1.54) is 32.6 Å². The van der Waals surface area contributed by atoms with Crippen LogP contribution in [0.5, 0.6) is 0 Å². The van der Waals surface area contributed by atoms with E-state index >= 15 is 0 Å². The van der Waals surface area contributed by atoms with Crippen molar-refractivity contribution in [2.75, 3.05) is 0 Å². The molecule has 0 N–H and O–H groups in total. The molecule has 0 unspecified atom stereocenters. The van der Waals surface area contributed by atoms with Crippen molar-refractivity contribution < 1.29 is 0 Å². The summed E-state index contributed by atoms with van der Waals surface area (Å²) >= 11 is 0. The zero-order valence-electron chi connectivity index (χ0n) is 34.1. The van der Waals surface area contributed by atoms with Crippen LogP contribution in [0.15, 0.2) is 224 Å². The number of rotatable bonds is 6. The Balaban J connectivity index is 1.09. The van der Waals surface area contributed by atoms with Crippen molar-refractivity contribution in [2.45, 2.75) is 0 Å². The molecule has 9 aromatic carbocycles. The van der Waals surface area contributed by atoms with E-state index in [0.29, 0.717) is 5.82 Å². The molecule has 0 fully saturated rings. The summed E-state index contributed by atoms with van der Waals surface area (Å²) in [5.41, 5.74) is 16.2. The molecule has 0 aliphatic rings. The van der Waals surface area contributed by atoms with Crippen LogP contribution in [0, 0.1) is 0 Å². The summed E-state index contributed by atoms with van der Waals surface area (Å²) < 4.78 is 7.15. The van der Waals surface area contributed by atoms with Gasteiger partial charge in [-0.15, -0.1) is 0 Å². The summed E-state index contributed by atoms with van der Waals surface area (Å²) in [6.07, 6.45) is 0. The molecule has 4 heterocycles. The fourth-order valence-electron chi connectivity index (χ4n) is 9.93. The van der Waals surface area contributed by atoms with E-state index in [-0.39, 0.29) is 0 Å². The van der Waals surface area contributed by atoms with Crippen molar-refractivity contribution in [3.8, 4) is 50.8 Å². The molecule has 0 radical (unpaired) electrons. The van der Waals surface area contributed by atoms with Crippen LogP contribution in [0.2, 0.25) is 0 Å². The summed E-state index contributed by atoms with van der Waals surface area (Å²) in [5.74, 6) is 0.699. The molecule has 5 heteroatoms. The van der Waals surface area contributed by atoms with Crippen LogP contribution in [-0.2, 0) is 0 Å². The van der Waals surface area contributed by atoms with E-state index < -0.39 is 0 Å². The second-order valence-corrected chi connectivity index (χ2v) is 16.2. The van der Waals surface area contributed by atoms with Gasteiger partial charge in [0.25, 0.3) is 0 Å². The predicted molar refractivity (Wildman–Crippen MR) is 261 cm³/mol. The Morgan fingerprint density at radius 1 is 0.302 bits per heavy atom. The Kier molecular flexibility index (Phi) is 7.84. The molecule has 4 aromatic heterocycles. The molecule has 13 rings (SSSR count). The number of nitrogens with zero attached hydrogens (tertiary/aromatic N) is 5. The van der Waals surface area contributed by atoms with Crippen LogP contribution in [0.25, 0.3) is 116 Å². The Morgan fingerprint density at radius 3 is 1.51 bits per heavy atom. The third-order valence-electron chi connectivity index (χ3n) is 12.6. The van der Waals surface area contributed by atoms with E-state index in [9.17, 15) is 0 Å². The molecule has 0 saturated carbocycles. The van der Waals surface area contributed by atoms with Crippen molar-refractivity contribution in [3.63, 3.8) is 0 Å². The highest BCUT2D eigenvalue weighted by molar-refractivity contribution is 6.17. The second kappa shape index (κ2) is 14.0. The highest BCUT2D eigenvalue weighted by atomic mass is 15.0. The van der Waals surface area contributed by atoms with Gasteiger partial charge in [-0.1, -0.05) is 152 Å².